The van der Waals surface area contributed by atoms with Crippen molar-refractivity contribution in [2.45, 2.75) is 44.9 Å². The number of fused-ring (bicyclic) bond motifs is 2. The highest BCUT2D eigenvalue weighted by Crippen LogP contribution is 2.51. The predicted octanol–water partition coefficient (Wildman–Crippen LogP) is 5.96. The Morgan fingerprint density at radius 3 is 2.59 bits per heavy atom. The van der Waals surface area contributed by atoms with E-state index in [0.29, 0.717) is 16.8 Å². The number of halogens is 3. The van der Waals surface area contributed by atoms with E-state index in [9.17, 15) is 22.8 Å². The fourth-order valence-corrected chi connectivity index (χ4v) is 6.12. The summed E-state index contributed by atoms with van der Waals surface area (Å²) in [5.74, 6) is -1.05. The number of hydrogen-bond donors (Lipinski definition) is 0. The van der Waals surface area contributed by atoms with Gasteiger partial charge in [0.15, 0.2) is 5.78 Å². The topological polar surface area (TPSA) is 56.3 Å². The van der Waals surface area contributed by atoms with Crippen molar-refractivity contribution in [1.29, 1.82) is 0 Å². The Morgan fingerprint density at radius 2 is 1.85 bits per heavy atom. The van der Waals surface area contributed by atoms with Crippen molar-refractivity contribution in [3.05, 3.63) is 59.9 Å². The molecule has 0 amide bonds. The maximum atomic E-state index is 13.1. The molecular formula is C27H26F3NO3. The van der Waals surface area contributed by atoms with Crippen LogP contribution in [0.2, 0.25) is 0 Å². The third kappa shape index (κ3) is 4.05. The normalized spacial score (nSPS) is 31.3. The van der Waals surface area contributed by atoms with Crippen LogP contribution in [-0.4, -0.2) is 22.8 Å². The number of aromatic nitrogens is 1. The second kappa shape index (κ2) is 8.67. The fraction of sp³-hybridized carbons (Fsp3) is 0.444. The molecular weight excluding hydrogens is 443 g/mol. The Hall–Kier alpha value is -2.96. The first kappa shape index (κ1) is 22.8. The van der Waals surface area contributed by atoms with Crippen molar-refractivity contribution < 1.29 is 27.5 Å². The lowest BCUT2D eigenvalue weighted by molar-refractivity contribution is -0.149. The van der Waals surface area contributed by atoms with Crippen molar-refractivity contribution in [2.24, 2.45) is 29.6 Å². The lowest BCUT2D eigenvalue weighted by Gasteiger charge is -2.44. The van der Waals surface area contributed by atoms with E-state index in [0.717, 1.165) is 37.8 Å². The number of hydrogen-bond acceptors (Lipinski definition) is 4. The highest BCUT2D eigenvalue weighted by atomic mass is 19.4. The number of pyridine rings is 1. The molecule has 3 fully saturated rings. The van der Waals surface area contributed by atoms with Crippen LogP contribution in [-0.2, 0) is 20.5 Å². The van der Waals surface area contributed by atoms with Gasteiger partial charge in [-0.15, -0.1) is 0 Å². The van der Waals surface area contributed by atoms with Gasteiger partial charge >= 0.3 is 12.1 Å². The number of ketones is 1. The molecule has 1 saturated heterocycles. The van der Waals surface area contributed by atoms with Gasteiger partial charge in [0.25, 0.3) is 0 Å². The van der Waals surface area contributed by atoms with Crippen LogP contribution in [0.4, 0.5) is 13.2 Å². The molecule has 0 N–H and O–H groups in total. The summed E-state index contributed by atoms with van der Waals surface area (Å²) < 4.78 is 44.6. The van der Waals surface area contributed by atoms with Gasteiger partial charge in [-0.1, -0.05) is 37.1 Å². The molecule has 2 aromatic rings. The average Bonchev–Trinajstić information content (AvgIpc) is 3.13. The van der Waals surface area contributed by atoms with Crippen LogP contribution in [0.25, 0.3) is 17.2 Å². The molecule has 3 aliphatic rings. The smallest absolute Gasteiger partial charge is 0.416 e. The Kier molecular flexibility index (Phi) is 5.82. The number of carbonyl (C=O) groups excluding carboxylic acids is 2. The van der Waals surface area contributed by atoms with Crippen LogP contribution in [0.15, 0.2) is 48.7 Å². The van der Waals surface area contributed by atoms with Crippen molar-refractivity contribution >= 4 is 17.8 Å². The molecule has 0 radical (unpaired) electrons. The summed E-state index contributed by atoms with van der Waals surface area (Å²) in [6.07, 6.45) is 4.68. The molecule has 1 aliphatic heterocycles. The molecule has 0 unspecified atom stereocenters. The van der Waals surface area contributed by atoms with Gasteiger partial charge in [-0.05, 0) is 61.4 Å². The molecule has 6 atom stereocenters. The van der Waals surface area contributed by atoms with Crippen LogP contribution < -0.4 is 0 Å². The summed E-state index contributed by atoms with van der Waals surface area (Å²) in [6, 6.07) is 8.71. The second-order valence-corrected chi connectivity index (χ2v) is 9.64. The van der Waals surface area contributed by atoms with Gasteiger partial charge in [0.1, 0.15) is 12.0 Å². The SMILES string of the molecule is C[C@H]1OC(=O)[C@@H]2C(=O)[C@@H]3CCCC[C@H]3[C@H](/C=C/c3ccc(-c4cccc(C(F)(F)F)c4)cn3)[C@@H]21. The molecule has 7 heteroatoms. The third-order valence-corrected chi connectivity index (χ3v) is 7.71. The summed E-state index contributed by atoms with van der Waals surface area (Å²) in [4.78, 5) is 29.9. The van der Waals surface area contributed by atoms with Crippen molar-refractivity contribution in [3.8, 4) is 11.1 Å². The van der Waals surface area contributed by atoms with E-state index in [4.69, 9.17) is 4.74 Å². The molecule has 0 bridgehead atoms. The van der Waals surface area contributed by atoms with Gasteiger partial charge in [0.2, 0.25) is 0 Å². The number of alkyl halides is 3. The molecule has 0 spiro atoms. The van der Waals surface area contributed by atoms with E-state index in [1.165, 1.54) is 6.07 Å². The van der Waals surface area contributed by atoms with Crippen LogP contribution in [0.3, 0.4) is 0 Å². The first-order valence-electron chi connectivity index (χ1n) is 11.8. The molecule has 5 rings (SSSR count). The van der Waals surface area contributed by atoms with Gasteiger partial charge in [0.05, 0.1) is 11.3 Å². The number of esters is 1. The Bertz CT molecular complexity index is 1120. The molecule has 178 valence electrons. The van der Waals surface area contributed by atoms with Gasteiger partial charge in [-0.3, -0.25) is 14.6 Å². The molecule has 1 aromatic carbocycles. The summed E-state index contributed by atoms with van der Waals surface area (Å²) in [7, 11) is 0. The number of Topliss-reactive ketones (excluding diaryl/α,β-unsaturated/α-hetero) is 1. The zero-order chi connectivity index (χ0) is 24.0. The first-order valence-corrected chi connectivity index (χ1v) is 11.8. The number of ether oxygens (including phenoxy) is 1. The van der Waals surface area contributed by atoms with E-state index in [1.807, 2.05) is 13.0 Å². The van der Waals surface area contributed by atoms with Crippen LogP contribution in [0.5, 0.6) is 0 Å². The lowest BCUT2D eigenvalue weighted by atomic mass is 9.57. The Labute approximate surface area is 196 Å². The summed E-state index contributed by atoms with van der Waals surface area (Å²) in [6.45, 7) is 1.86. The minimum Gasteiger partial charge on any atom is -0.462 e. The second-order valence-electron chi connectivity index (χ2n) is 9.64. The predicted molar refractivity (Wildman–Crippen MR) is 120 cm³/mol. The molecule has 34 heavy (non-hydrogen) atoms. The third-order valence-electron chi connectivity index (χ3n) is 7.71. The van der Waals surface area contributed by atoms with E-state index in [2.05, 4.69) is 11.1 Å². The fourth-order valence-electron chi connectivity index (χ4n) is 6.12. The van der Waals surface area contributed by atoms with Crippen LogP contribution in [0, 0.1) is 29.6 Å². The standard InChI is InChI=1S/C27H26F3NO3/c1-15-23-21(20-7-2-3-8-22(20)25(32)24(23)26(33)34-15)12-11-19-10-9-17(14-31-19)16-5-4-6-18(13-16)27(28,29)30/h4-6,9-15,20-24H,2-3,7-8H2,1H3/b12-11+/t15-,20+,21+,22-,23+,24+/m1/s1. The average molecular weight is 470 g/mol. The van der Waals surface area contributed by atoms with Gasteiger partial charge < -0.3 is 4.74 Å². The Morgan fingerprint density at radius 1 is 1.06 bits per heavy atom. The van der Waals surface area contributed by atoms with E-state index < -0.39 is 23.6 Å². The molecule has 2 saturated carbocycles. The monoisotopic (exact) mass is 469 g/mol. The number of nitrogens with zero attached hydrogens (tertiary/aromatic N) is 1. The minimum atomic E-state index is -4.40. The highest BCUT2D eigenvalue weighted by Gasteiger charge is 2.58. The van der Waals surface area contributed by atoms with E-state index in [-0.39, 0.29) is 35.6 Å². The number of benzene rings is 1. The highest BCUT2D eigenvalue weighted by molar-refractivity contribution is 6.02. The quantitative estimate of drug-likeness (QED) is 0.411. The van der Waals surface area contributed by atoms with Gasteiger partial charge in [-0.2, -0.15) is 13.2 Å². The lowest BCUT2D eigenvalue weighted by Crippen LogP contribution is -2.49. The number of allylic oxidation sites excluding steroid dienone is 1. The van der Waals surface area contributed by atoms with Gasteiger partial charge in [-0.25, -0.2) is 0 Å². The van der Waals surface area contributed by atoms with Crippen LogP contribution in [0.1, 0.15) is 43.9 Å². The molecule has 2 heterocycles. The summed E-state index contributed by atoms with van der Waals surface area (Å²) >= 11 is 0. The van der Waals surface area contributed by atoms with Crippen molar-refractivity contribution in [2.75, 3.05) is 0 Å². The summed E-state index contributed by atoms with van der Waals surface area (Å²) in [5, 5.41) is 0. The number of rotatable bonds is 3. The summed E-state index contributed by atoms with van der Waals surface area (Å²) in [5.41, 5.74) is 1.03. The molecule has 1 aromatic heterocycles. The largest absolute Gasteiger partial charge is 0.462 e. The maximum absolute atomic E-state index is 13.1. The van der Waals surface area contributed by atoms with E-state index in [1.54, 1.807) is 24.4 Å². The Balaban J connectivity index is 1.40. The zero-order valence-corrected chi connectivity index (χ0v) is 18.8. The van der Waals surface area contributed by atoms with E-state index >= 15 is 0 Å². The van der Waals surface area contributed by atoms with Crippen molar-refractivity contribution in [1.82, 2.24) is 4.98 Å². The first-order chi connectivity index (χ1) is 16.2. The minimum absolute atomic E-state index is 0.0411. The zero-order valence-electron chi connectivity index (χ0n) is 18.8. The number of cyclic esters (lactones) is 1. The maximum Gasteiger partial charge on any atom is 0.416 e. The van der Waals surface area contributed by atoms with Crippen LogP contribution >= 0.6 is 0 Å². The van der Waals surface area contributed by atoms with Crippen molar-refractivity contribution in [3.63, 3.8) is 0 Å². The number of carbonyl (C=O) groups is 2. The molecule has 4 nitrogen and oxygen atoms in total. The molecule has 2 aliphatic carbocycles. The van der Waals surface area contributed by atoms with Gasteiger partial charge in [0, 0.05) is 23.6 Å².